The summed E-state index contributed by atoms with van der Waals surface area (Å²) in [4.78, 5) is 1.16. The van der Waals surface area contributed by atoms with Gasteiger partial charge in [-0.1, -0.05) is 6.92 Å². The third kappa shape index (κ3) is 4.93. The Kier molecular flexibility index (Phi) is 7.23. The highest BCUT2D eigenvalue weighted by Crippen LogP contribution is 2.28. The van der Waals surface area contributed by atoms with Crippen molar-refractivity contribution in [2.24, 2.45) is 5.73 Å². The summed E-state index contributed by atoms with van der Waals surface area (Å²) in [6.45, 7) is 4.61. The van der Waals surface area contributed by atoms with Crippen molar-refractivity contribution in [3.8, 4) is 0 Å². The van der Waals surface area contributed by atoms with Crippen molar-refractivity contribution in [1.82, 2.24) is 0 Å². The van der Waals surface area contributed by atoms with Crippen molar-refractivity contribution in [3.05, 3.63) is 20.8 Å². The van der Waals surface area contributed by atoms with E-state index < -0.39 is 0 Å². The first-order chi connectivity index (χ1) is 7.77. The molecule has 0 aliphatic heterocycles. The minimum absolute atomic E-state index is 0.0125. The number of halogens is 1. The van der Waals surface area contributed by atoms with Gasteiger partial charge in [0, 0.05) is 18.0 Å². The Bertz CT molecular complexity index is 293. The van der Waals surface area contributed by atoms with Gasteiger partial charge in [-0.05, 0) is 34.5 Å². The second-order valence-electron chi connectivity index (χ2n) is 3.35. The second-order valence-corrected chi connectivity index (χ2v) is 5.84. The van der Waals surface area contributed by atoms with E-state index in [0.717, 1.165) is 21.7 Å². The molecule has 1 rings (SSSR count). The Labute approximate surface area is 109 Å². The summed E-state index contributed by atoms with van der Waals surface area (Å²) in [5.41, 5.74) is 5.68. The van der Waals surface area contributed by atoms with Crippen LogP contribution in [0.3, 0.4) is 0 Å². The molecule has 92 valence electrons. The SMILES string of the molecule is CCCOCCOC(CN)c1ccc(Br)s1. The van der Waals surface area contributed by atoms with Crippen molar-refractivity contribution < 1.29 is 9.47 Å². The van der Waals surface area contributed by atoms with E-state index in [9.17, 15) is 0 Å². The topological polar surface area (TPSA) is 44.5 Å². The Morgan fingerprint density at radius 3 is 2.75 bits per heavy atom. The maximum atomic E-state index is 5.68. The van der Waals surface area contributed by atoms with E-state index in [2.05, 4.69) is 22.9 Å². The minimum Gasteiger partial charge on any atom is -0.379 e. The van der Waals surface area contributed by atoms with Crippen molar-refractivity contribution in [2.45, 2.75) is 19.4 Å². The van der Waals surface area contributed by atoms with Crippen LogP contribution in [0.15, 0.2) is 15.9 Å². The zero-order valence-electron chi connectivity index (χ0n) is 9.45. The first-order valence-electron chi connectivity index (χ1n) is 5.42. The lowest BCUT2D eigenvalue weighted by Crippen LogP contribution is -2.17. The monoisotopic (exact) mass is 307 g/mol. The van der Waals surface area contributed by atoms with E-state index in [-0.39, 0.29) is 6.10 Å². The molecule has 0 aliphatic carbocycles. The lowest BCUT2D eigenvalue weighted by Gasteiger charge is -2.14. The zero-order valence-corrected chi connectivity index (χ0v) is 11.9. The Balaban J connectivity index is 2.27. The lowest BCUT2D eigenvalue weighted by molar-refractivity contribution is 0.00907. The number of hydrogen-bond donors (Lipinski definition) is 1. The first kappa shape index (κ1) is 14.1. The van der Waals surface area contributed by atoms with Gasteiger partial charge in [-0.2, -0.15) is 0 Å². The van der Waals surface area contributed by atoms with E-state index in [1.165, 1.54) is 0 Å². The van der Waals surface area contributed by atoms with Gasteiger partial charge in [0.1, 0.15) is 6.10 Å². The predicted molar refractivity (Wildman–Crippen MR) is 70.9 cm³/mol. The molecule has 0 fully saturated rings. The molecule has 5 heteroatoms. The molecule has 1 atom stereocenters. The second kappa shape index (κ2) is 8.20. The number of rotatable bonds is 8. The highest BCUT2D eigenvalue weighted by molar-refractivity contribution is 9.11. The third-order valence-corrected chi connectivity index (χ3v) is 3.74. The molecule has 1 heterocycles. The highest BCUT2D eigenvalue weighted by atomic mass is 79.9. The van der Waals surface area contributed by atoms with Gasteiger partial charge in [0.15, 0.2) is 0 Å². The van der Waals surface area contributed by atoms with Gasteiger partial charge in [0.25, 0.3) is 0 Å². The van der Waals surface area contributed by atoms with Crippen LogP contribution in [0.2, 0.25) is 0 Å². The molecule has 0 aliphatic rings. The van der Waals surface area contributed by atoms with E-state index in [1.807, 2.05) is 12.1 Å². The van der Waals surface area contributed by atoms with Crippen LogP contribution in [0.25, 0.3) is 0 Å². The minimum atomic E-state index is -0.0125. The molecule has 0 amide bonds. The molecule has 0 radical (unpaired) electrons. The predicted octanol–water partition coefficient (Wildman–Crippen LogP) is 2.95. The maximum absolute atomic E-state index is 5.68. The van der Waals surface area contributed by atoms with Crippen LogP contribution in [0.5, 0.6) is 0 Å². The fourth-order valence-corrected chi connectivity index (χ4v) is 2.75. The summed E-state index contributed by atoms with van der Waals surface area (Å²) in [5, 5.41) is 0. The average molecular weight is 308 g/mol. The molecular formula is C11H18BrNO2S. The van der Waals surface area contributed by atoms with Gasteiger partial charge >= 0.3 is 0 Å². The molecule has 0 saturated heterocycles. The van der Waals surface area contributed by atoms with Crippen LogP contribution in [0, 0.1) is 0 Å². The van der Waals surface area contributed by atoms with Gasteiger partial charge in [-0.25, -0.2) is 0 Å². The molecule has 2 N–H and O–H groups in total. The summed E-state index contributed by atoms with van der Waals surface area (Å²) >= 11 is 5.09. The lowest BCUT2D eigenvalue weighted by atomic mass is 10.3. The Hall–Kier alpha value is 0.0600. The summed E-state index contributed by atoms with van der Waals surface area (Å²) in [5.74, 6) is 0. The normalized spacial score (nSPS) is 12.9. The van der Waals surface area contributed by atoms with Crippen LogP contribution in [0.1, 0.15) is 24.3 Å². The standard InChI is InChI=1S/C11H18BrNO2S/c1-2-5-14-6-7-15-9(8-13)10-3-4-11(12)16-10/h3-4,9H,2,5-8,13H2,1H3. The molecule has 1 unspecified atom stereocenters. The Morgan fingerprint density at radius 2 is 2.19 bits per heavy atom. The van der Waals surface area contributed by atoms with Gasteiger partial charge in [0.2, 0.25) is 0 Å². The number of hydrogen-bond acceptors (Lipinski definition) is 4. The number of nitrogens with two attached hydrogens (primary N) is 1. The molecule has 1 aromatic rings. The van der Waals surface area contributed by atoms with Gasteiger partial charge < -0.3 is 15.2 Å². The van der Waals surface area contributed by atoms with Crippen LogP contribution in [-0.2, 0) is 9.47 Å². The van der Waals surface area contributed by atoms with Crippen LogP contribution in [-0.4, -0.2) is 26.4 Å². The van der Waals surface area contributed by atoms with Crippen molar-refractivity contribution >= 4 is 27.3 Å². The summed E-state index contributed by atoms with van der Waals surface area (Å²) < 4.78 is 12.1. The molecule has 3 nitrogen and oxygen atoms in total. The quantitative estimate of drug-likeness (QED) is 0.751. The van der Waals surface area contributed by atoms with Crippen LogP contribution >= 0.6 is 27.3 Å². The molecule has 0 aromatic carbocycles. The molecule has 16 heavy (non-hydrogen) atoms. The fourth-order valence-electron chi connectivity index (χ4n) is 1.26. The van der Waals surface area contributed by atoms with E-state index >= 15 is 0 Å². The van der Waals surface area contributed by atoms with E-state index in [1.54, 1.807) is 11.3 Å². The maximum Gasteiger partial charge on any atom is 0.104 e. The van der Waals surface area contributed by atoms with E-state index in [0.29, 0.717) is 19.8 Å². The first-order valence-corrected chi connectivity index (χ1v) is 7.03. The van der Waals surface area contributed by atoms with Gasteiger partial charge in [-0.15, -0.1) is 11.3 Å². The Morgan fingerprint density at radius 1 is 1.38 bits per heavy atom. The van der Waals surface area contributed by atoms with Crippen LogP contribution < -0.4 is 5.73 Å². The smallest absolute Gasteiger partial charge is 0.104 e. The summed E-state index contributed by atoms with van der Waals surface area (Å²) in [7, 11) is 0. The van der Waals surface area contributed by atoms with Crippen molar-refractivity contribution in [1.29, 1.82) is 0 Å². The van der Waals surface area contributed by atoms with Crippen molar-refractivity contribution in [3.63, 3.8) is 0 Å². The van der Waals surface area contributed by atoms with Crippen LogP contribution in [0.4, 0.5) is 0 Å². The summed E-state index contributed by atoms with van der Waals surface area (Å²) in [6.07, 6.45) is 1.03. The number of ether oxygens (including phenoxy) is 2. The molecule has 0 saturated carbocycles. The largest absolute Gasteiger partial charge is 0.379 e. The van der Waals surface area contributed by atoms with Crippen molar-refractivity contribution in [2.75, 3.05) is 26.4 Å². The van der Waals surface area contributed by atoms with Gasteiger partial charge in [0.05, 0.1) is 17.0 Å². The summed E-state index contributed by atoms with van der Waals surface area (Å²) in [6, 6.07) is 4.05. The fraction of sp³-hybridized carbons (Fsp3) is 0.636. The number of thiophene rings is 1. The molecule has 0 bridgehead atoms. The molecular weight excluding hydrogens is 290 g/mol. The average Bonchev–Trinajstić information content (AvgIpc) is 2.70. The highest BCUT2D eigenvalue weighted by Gasteiger charge is 2.12. The molecule has 0 spiro atoms. The van der Waals surface area contributed by atoms with E-state index in [4.69, 9.17) is 15.2 Å². The molecule has 1 aromatic heterocycles. The third-order valence-electron chi connectivity index (χ3n) is 2.02. The van der Waals surface area contributed by atoms with Gasteiger partial charge in [-0.3, -0.25) is 0 Å². The zero-order chi connectivity index (χ0) is 11.8.